The van der Waals surface area contributed by atoms with Gasteiger partial charge < -0.3 is 9.15 Å². The molecule has 0 aliphatic rings. The highest BCUT2D eigenvalue weighted by molar-refractivity contribution is 5.91. The van der Waals surface area contributed by atoms with Crippen LogP contribution in [-0.2, 0) is 6.42 Å². The molecule has 0 N–H and O–H groups in total. The normalized spacial score (nSPS) is 11.7. The maximum absolute atomic E-state index is 6.29. The van der Waals surface area contributed by atoms with E-state index in [1.165, 1.54) is 16.7 Å². The van der Waals surface area contributed by atoms with Gasteiger partial charge >= 0.3 is 0 Å². The SMILES string of the molecule is COc1ccc(C(Cc2ccncc2)c2ccccc2)c2cc(-c3ccncc3)oc12.Cl. The molecule has 0 bridgehead atoms. The van der Waals surface area contributed by atoms with Crippen LogP contribution in [-0.4, -0.2) is 17.1 Å². The van der Waals surface area contributed by atoms with Crippen molar-refractivity contribution in [3.63, 3.8) is 0 Å². The van der Waals surface area contributed by atoms with E-state index < -0.39 is 0 Å². The van der Waals surface area contributed by atoms with Crippen molar-refractivity contribution in [2.45, 2.75) is 12.3 Å². The van der Waals surface area contributed by atoms with Crippen molar-refractivity contribution in [1.82, 2.24) is 9.97 Å². The summed E-state index contributed by atoms with van der Waals surface area (Å²) in [6.07, 6.45) is 8.11. The van der Waals surface area contributed by atoms with Crippen LogP contribution < -0.4 is 4.74 Å². The topological polar surface area (TPSA) is 48.2 Å². The number of pyridine rings is 2. The minimum absolute atomic E-state index is 0. The Kier molecular flexibility index (Phi) is 6.52. The van der Waals surface area contributed by atoms with E-state index in [-0.39, 0.29) is 18.3 Å². The van der Waals surface area contributed by atoms with Gasteiger partial charge in [0.05, 0.1) is 7.11 Å². The summed E-state index contributed by atoms with van der Waals surface area (Å²) in [6.45, 7) is 0. The Morgan fingerprint density at radius 3 is 2.22 bits per heavy atom. The third-order valence-corrected chi connectivity index (χ3v) is 5.63. The van der Waals surface area contributed by atoms with Crippen LogP contribution in [0.4, 0.5) is 0 Å². The molecule has 1 atom stereocenters. The maximum Gasteiger partial charge on any atom is 0.176 e. The Balaban J connectivity index is 0.00000245. The molecule has 2 aromatic carbocycles. The number of fused-ring (bicyclic) bond motifs is 1. The van der Waals surface area contributed by atoms with Crippen molar-refractivity contribution in [1.29, 1.82) is 0 Å². The molecule has 1 unspecified atom stereocenters. The van der Waals surface area contributed by atoms with Crippen LogP contribution in [0.5, 0.6) is 5.75 Å². The Morgan fingerprint density at radius 2 is 1.53 bits per heavy atom. The van der Waals surface area contributed by atoms with Gasteiger partial charge in [-0.25, -0.2) is 0 Å². The zero-order valence-corrected chi connectivity index (χ0v) is 18.5. The van der Waals surface area contributed by atoms with Crippen molar-refractivity contribution in [3.05, 3.63) is 114 Å². The highest BCUT2D eigenvalue weighted by Crippen LogP contribution is 2.40. The van der Waals surface area contributed by atoms with Crippen LogP contribution in [0.2, 0.25) is 0 Å². The van der Waals surface area contributed by atoms with Gasteiger partial charge in [-0.3, -0.25) is 9.97 Å². The lowest BCUT2D eigenvalue weighted by Gasteiger charge is -2.19. The van der Waals surface area contributed by atoms with E-state index >= 15 is 0 Å². The molecular weight excluding hydrogens is 420 g/mol. The van der Waals surface area contributed by atoms with Crippen LogP contribution >= 0.6 is 12.4 Å². The molecule has 0 aliphatic heterocycles. The Hall–Kier alpha value is -3.63. The van der Waals surface area contributed by atoms with E-state index in [2.05, 4.69) is 64.6 Å². The van der Waals surface area contributed by atoms with Crippen molar-refractivity contribution in [2.75, 3.05) is 7.11 Å². The molecule has 0 radical (unpaired) electrons. The number of halogens is 1. The fraction of sp³-hybridized carbons (Fsp3) is 0.111. The van der Waals surface area contributed by atoms with Crippen molar-refractivity contribution in [3.8, 4) is 17.1 Å². The predicted molar refractivity (Wildman–Crippen MR) is 129 cm³/mol. The van der Waals surface area contributed by atoms with Gasteiger partial charge in [-0.05, 0) is 59.5 Å². The van der Waals surface area contributed by atoms with Crippen LogP contribution in [0.25, 0.3) is 22.3 Å². The molecule has 0 saturated heterocycles. The number of furan rings is 1. The van der Waals surface area contributed by atoms with E-state index in [4.69, 9.17) is 9.15 Å². The molecule has 5 aromatic rings. The molecule has 0 aliphatic carbocycles. The van der Waals surface area contributed by atoms with E-state index in [9.17, 15) is 0 Å². The molecule has 0 saturated carbocycles. The van der Waals surface area contributed by atoms with Crippen molar-refractivity contribution in [2.24, 2.45) is 0 Å². The Bertz CT molecular complexity index is 1290. The lowest BCUT2D eigenvalue weighted by molar-refractivity contribution is 0.410. The molecule has 0 amide bonds. The van der Waals surface area contributed by atoms with E-state index in [1.807, 2.05) is 30.6 Å². The highest BCUT2D eigenvalue weighted by Gasteiger charge is 2.22. The molecule has 3 heterocycles. The van der Waals surface area contributed by atoms with E-state index in [0.29, 0.717) is 0 Å². The first kappa shape index (κ1) is 21.6. The number of benzene rings is 2. The predicted octanol–water partition coefficient (Wildman–Crippen LogP) is 6.69. The number of hydrogen-bond donors (Lipinski definition) is 0. The molecule has 160 valence electrons. The van der Waals surface area contributed by atoms with Crippen LogP contribution in [0.1, 0.15) is 22.6 Å². The lowest BCUT2D eigenvalue weighted by atomic mass is 9.84. The Labute approximate surface area is 193 Å². The number of ether oxygens (including phenoxy) is 1. The van der Waals surface area contributed by atoms with Gasteiger partial charge in [-0.2, -0.15) is 0 Å². The van der Waals surface area contributed by atoms with Gasteiger partial charge in [0, 0.05) is 41.7 Å². The van der Waals surface area contributed by atoms with Gasteiger partial charge in [0.1, 0.15) is 5.76 Å². The fourth-order valence-electron chi connectivity index (χ4n) is 4.09. The summed E-state index contributed by atoms with van der Waals surface area (Å²) in [4.78, 5) is 8.29. The zero-order valence-electron chi connectivity index (χ0n) is 17.6. The van der Waals surface area contributed by atoms with Crippen LogP contribution in [0.15, 0.2) is 102 Å². The first-order valence-electron chi connectivity index (χ1n) is 10.3. The zero-order chi connectivity index (χ0) is 21.0. The Morgan fingerprint density at radius 1 is 0.844 bits per heavy atom. The average Bonchev–Trinajstić information content (AvgIpc) is 3.30. The molecule has 5 heteroatoms. The summed E-state index contributed by atoms with van der Waals surface area (Å²) in [7, 11) is 1.68. The summed E-state index contributed by atoms with van der Waals surface area (Å²) in [5.74, 6) is 1.70. The van der Waals surface area contributed by atoms with E-state index in [1.54, 1.807) is 19.5 Å². The highest BCUT2D eigenvalue weighted by atomic mass is 35.5. The molecule has 3 aromatic heterocycles. The van der Waals surface area contributed by atoms with Crippen molar-refractivity contribution >= 4 is 23.4 Å². The first-order valence-corrected chi connectivity index (χ1v) is 10.3. The minimum Gasteiger partial charge on any atom is -0.493 e. The number of hydrogen-bond acceptors (Lipinski definition) is 4. The molecule has 5 rings (SSSR count). The average molecular weight is 443 g/mol. The summed E-state index contributed by atoms with van der Waals surface area (Å²) in [6, 6.07) is 24.9. The number of aromatic nitrogens is 2. The van der Waals surface area contributed by atoms with Crippen molar-refractivity contribution < 1.29 is 9.15 Å². The summed E-state index contributed by atoms with van der Waals surface area (Å²) in [5.41, 5.74) is 5.47. The number of rotatable bonds is 6. The second kappa shape index (κ2) is 9.67. The van der Waals surface area contributed by atoms with Gasteiger partial charge in [0.2, 0.25) is 0 Å². The largest absolute Gasteiger partial charge is 0.493 e. The van der Waals surface area contributed by atoms with E-state index in [0.717, 1.165) is 34.5 Å². The third-order valence-electron chi connectivity index (χ3n) is 5.63. The monoisotopic (exact) mass is 442 g/mol. The smallest absolute Gasteiger partial charge is 0.176 e. The van der Waals surface area contributed by atoms with Crippen LogP contribution in [0, 0.1) is 0 Å². The molecule has 4 nitrogen and oxygen atoms in total. The van der Waals surface area contributed by atoms with Gasteiger partial charge in [0.25, 0.3) is 0 Å². The number of nitrogens with zero attached hydrogens (tertiary/aromatic N) is 2. The second-order valence-corrected chi connectivity index (χ2v) is 7.47. The molecule has 0 fully saturated rings. The lowest BCUT2D eigenvalue weighted by Crippen LogP contribution is -2.06. The first-order chi connectivity index (χ1) is 15.3. The quantitative estimate of drug-likeness (QED) is 0.293. The van der Waals surface area contributed by atoms with Gasteiger partial charge in [0.15, 0.2) is 11.3 Å². The molecule has 0 spiro atoms. The second-order valence-electron chi connectivity index (χ2n) is 7.47. The summed E-state index contributed by atoms with van der Waals surface area (Å²) < 4.78 is 11.9. The minimum atomic E-state index is 0. The summed E-state index contributed by atoms with van der Waals surface area (Å²) >= 11 is 0. The maximum atomic E-state index is 6.29. The summed E-state index contributed by atoms with van der Waals surface area (Å²) in [5, 5.41) is 1.06. The fourth-order valence-corrected chi connectivity index (χ4v) is 4.09. The third kappa shape index (κ3) is 4.23. The van der Waals surface area contributed by atoms with Gasteiger partial charge in [-0.1, -0.05) is 36.4 Å². The van der Waals surface area contributed by atoms with Crippen LogP contribution in [0.3, 0.4) is 0 Å². The molecule has 32 heavy (non-hydrogen) atoms. The molecular formula is C27H23ClN2O2. The standard InChI is InChI=1S/C27H22N2O2.ClH/c1-30-25-8-7-22(24-18-26(31-27(24)25)21-11-15-29-16-12-21)23(20-5-3-2-4-6-20)17-19-9-13-28-14-10-19;/h2-16,18,23H,17H2,1H3;1H. The number of methoxy groups -OCH3 is 1. The van der Waals surface area contributed by atoms with Gasteiger partial charge in [-0.15, -0.1) is 12.4 Å².